The van der Waals surface area contributed by atoms with Crippen molar-refractivity contribution in [1.29, 1.82) is 0 Å². The topological polar surface area (TPSA) is 68.5 Å². The number of hydrogen-bond acceptors (Lipinski definition) is 4. The zero-order chi connectivity index (χ0) is 15.8. The van der Waals surface area contributed by atoms with Crippen LogP contribution in [0.2, 0.25) is 0 Å². The summed E-state index contributed by atoms with van der Waals surface area (Å²) < 4.78 is 6.98. The van der Waals surface area contributed by atoms with Crippen molar-refractivity contribution in [2.45, 2.75) is 19.9 Å². The first kappa shape index (κ1) is 13.8. The van der Waals surface area contributed by atoms with E-state index in [1.54, 1.807) is 12.3 Å². The van der Waals surface area contributed by atoms with Gasteiger partial charge in [0.05, 0.1) is 17.9 Å². The van der Waals surface area contributed by atoms with Gasteiger partial charge in [0.25, 0.3) is 5.91 Å². The summed E-state index contributed by atoms with van der Waals surface area (Å²) in [6, 6.07) is 9.68. The first-order valence-corrected chi connectivity index (χ1v) is 7.56. The van der Waals surface area contributed by atoms with Gasteiger partial charge in [0.15, 0.2) is 0 Å². The SMILES string of the molecule is Cc1nn2ncccc2c1C(=O)NCc1ccc2c(c1)CCO2. The normalized spacial score (nSPS) is 12.9. The molecule has 2 aromatic heterocycles. The summed E-state index contributed by atoms with van der Waals surface area (Å²) in [5.74, 6) is 0.812. The molecule has 1 aliphatic heterocycles. The van der Waals surface area contributed by atoms with E-state index in [0.717, 1.165) is 24.3 Å². The lowest BCUT2D eigenvalue weighted by Crippen LogP contribution is -2.23. The lowest BCUT2D eigenvalue weighted by molar-refractivity contribution is 0.0952. The van der Waals surface area contributed by atoms with E-state index in [9.17, 15) is 4.79 Å². The number of aryl methyl sites for hydroxylation is 1. The van der Waals surface area contributed by atoms with Gasteiger partial charge < -0.3 is 10.1 Å². The number of amides is 1. The Bertz CT molecular complexity index is 901. The Hall–Kier alpha value is -2.89. The van der Waals surface area contributed by atoms with Crippen molar-refractivity contribution in [2.24, 2.45) is 0 Å². The van der Waals surface area contributed by atoms with Crippen LogP contribution in [0.1, 0.15) is 27.2 Å². The monoisotopic (exact) mass is 308 g/mol. The molecule has 0 fully saturated rings. The van der Waals surface area contributed by atoms with Crippen LogP contribution in [-0.4, -0.2) is 27.3 Å². The number of carbonyl (C=O) groups excluding carboxylic acids is 1. The van der Waals surface area contributed by atoms with Crippen LogP contribution in [0, 0.1) is 6.92 Å². The summed E-state index contributed by atoms with van der Waals surface area (Å²) >= 11 is 0. The number of ether oxygens (including phenoxy) is 1. The first-order valence-electron chi connectivity index (χ1n) is 7.56. The number of carbonyl (C=O) groups is 1. The first-order chi connectivity index (χ1) is 11.2. The molecule has 1 aromatic carbocycles. The van der Waals surface area contributed by atoms with Gasteiger partial charge in [-0.05, 0) is 36.2 Å². The quantitative estimate of drug-likeness (QED) is 0.802. The highest BCUT2D eigenvalue weighted by Crippen LogP contribution is 2.25. The summed E-state index contributed by atoms with van der Waals surface area (Å²) in [6.07, 6.45) is 2.57. The van der Waals surface area contributed by atoms with Crippen LogP contribution in [0.4, 0.5) is 0 Å². The number of aromatic nitrogens is 3. The molecule has 3 aromatic rings. The fourth-order valence-electron chi connectivity index (χ4n) is 2.91. The molecule has 6 heteroatoms. The Kier molecular flexibility index (Phi) is 3.22. The van der Waals surface area contributed by atoms with Crippen LogP contribution in [0.25, 0.3) is 5.52 Å². The van der Waals surface area contributed by atoms with E-state index in [4.69, 9.17) is 4.74 Å². The van der Waals surface area contributed by atoms with Crippen LogP contribution < -0.4 is 10.1 Å². The van der Waals surface area contributed by atoms with Crippen molar-refractivity contribution in [2.75, 3.05) is 6.61 Å². The average molecular weight is 308 g/mol. The Morgan fingerprint density at radius 1 is 1.39 bits per heavy atom. The van der Waals surface area contributed by atoms with Crippen molar-refractivity contribution in [3.8, 4) is 5.75 Å². The van der Waals surface area contributed by atoms with Crippen molar-refractivity contribution in [3.63, 3.8) is 0 Å². The van der Waals surface area contributed by atoms with E-state index in [0.29, 0.717) is 23.3 Å². The molecule has 3 heterocycles. The molecule has 0 bridgehead atoms. The standard InChI is InChI=1S/C17H16N4O2/c1-11-16(14-3-2-7-19-21(14)20-11)17(22)18-10-12-4-5-15-13(9-12)6-8-23-15/h2-5,7,9H,6,8,10H2,1H3,(H,18,22). The minimum absolute atomic E-state index is 0.137. The number of rotatable bonds is 3. The number of nitrogens with zero attached hydrogens (tertiary/aromatic N) is 3. The maximum absolute atomic E-state index is 12.5. The highest BCUT2D eigenvalue weighted by atomic mass is 16.5. The third-order valence-electron chi connectivity index (χ3n) is 4.03. The van der Waals surface area contributed by atoms with Gasteiger partial charge in [0, 0.05) is 19.2 Å². The van der Waals surface area contributed by atoms with Crippen LogP contribution in [0.15, 0.2) is 36.5 Å². The van der Waals surface area contributed by atoms with Crippen molar-refractivity contribution in [1.82, 2.24) is 20.1 Å². The third kappa shape index (κ3) is 2.42. The van der Waals surface area contributed by atoms with E-state index < -0.39 is 0 Å². The molecule has 1 amide bonds. The van der Waals surface area contributed by atoms with Gasteiger partial charge in [-0.1, -0.05) is 12.1 Å². The number of nitrogens with one attached hydrogen (secondary N) is 1. The summed E-state index contributed by atoms with van der Waals surface area (Å²) in [6.45, 7) is 3.03. The lowest BCUT2D eigenvalue weighted by atomic mass is 10.1. The summed E-state index contributed by atoms with van der Waals surface area (Å²) in [5.41, 5.74) is 4.22. The minimum atomic E-state index is -0.137. The molecular weight excluding hydrogens is 292 g/mol. The van der Waals surface area contributed by atoms with Gasteiger partial charge in [-0.2, -0.15) is 14.8 Å². The van der Waals surface area contributed by atoms with Gasteiger partial charge >= 0.3 is 0 Å². The van der Waals surface area contributed by atoms with Gasteiger partial charge in [-0.15, -0.1) is 0 Å². The van der Waals surface area contributed by atoms with Crippen LogP contribution >= 0.6 is 0 Å². The molecule has 6 nitrogen and oxygen atoms in total. The largest absolute Gasteiger partial charge is 0.493 e. The van der Waals surface area contributed by atoms with Gasteiger partial charge in [0.1, 0.15) is 11.3 Å². The van der Waals surface area contributed by atoms with Crippen LogP contribution in [-0.2, 0) is 13.0 Å². The molecule has 0 saturated heterocycles. The fourth-order valence-corrected chi connectivity index (χ4v) is 2.91. The number of hydrogen-bond donors (Lipinski definition) is 1. The Balaban J connectivity index is 1.54. The van der Waals surface area contributed by atoms with Crippen LogP contribution in [0.3, 0.4) is 0 Å². The van der Waals surface area contributed by atoms with Crippen molar-refractivity contribution in [3.05, 3.63) is 58.9 Å². The van der Waals surface area contributed by atoms with Crippen molar-refractivity contribution < 1.29 is 9.53 Å². The fraction of sp³-hybridized carbons (Fsp3) is 0.235. The summed E-state index contributed by atoms with van der Waals surface area (Å²) in [5, 5.41) is 11.3. The Morgan fingerprint density at radius 3 is 3.22 bits per heavy atom. The smallest absolute Gasteiger partial charge is 0.255 e. The maximum Gasteiger partial charge on any atom is 0.255 e. The molecule has 1 aliphatic rings. The molecule has 0 radical (unpaired) electrons. The second-order valence-corrected chi connectivity index (χ2v) is 5.58. The summed E-state index contributed by atoms with van der Waals surface area (Å²) in [4.78, 5) is 12.5. The van der Waals surface area contributed by atoms with Gasteiger partial charge in [-0.25, -0.2) is 0 Å². The zero-order valence-corrected chi connectivity index (χ0v) is 12.7. The third-order valence-corrected chi connectivity index (χ3v) is 4.03. The van der Waals surface area contributed by atoms with E-state index in [1.807, 2.05) is 25.1 Å². The maximum atomic E-state index is 12.5. The molecule has 0 aliphatic carbocycles. The average Bonchev–Trinajstić information content (AvgIpc) is 3.15. The highest BCUT2D eigenvalue weighted by molar-refractivity contribution is 6.01. The predicted octanol–water partition coefficient (Wildman–Crippen LogP) is 1.90. The Labute approximate surface area is 133 Å². The van der Waals surface area contributed by atoms with E-state index in [1.165, 1.54) is 10.2 Å². The second-order valence-electron chi connectivity index (χ2n) is 5.58. The molecule has 23 heavy (non-hydrogen) atoms. The number of fused-ring (bicyclic) bond motifs is 2. The van der Waals surface area contributed by atoms with Gasteiger partial charge in [0.2, 0.25) is 0 Å². The summed E-state index contributed by atoms with van der Waals surface area (Å²) in [7, 11) is 0. The molecule has 1 N–H and O–H groups in total. The minimum Gasteiger partial charge on any atom is -0.493 e. The van der Waals surface area contributed by atoms with E-state index in [-0.39, 0.29) is 5.91 Å². The lowest BCUT2D eigenvalue weighted by Gasteiger charge is -2.07. The highest BCUT2D eigenvalue weighted by Gasteiger charge is 2.17. The predicted molar refractivity (Wildman–Crippen MR) is 84.5 cm³/mol. The zero-order valence-electron chi connectivity index (χ0n) is 12.7. The molecule has 0 unspecified atom stereocenters. The van der Waals surface area contributed by atoms with Crippen LogP contribution in [0.5, 0.6) is 5.75 Å². The number of benzene rings is 1. The molecule has 0 atom stereocenters. The van der Waals surface area contributed by atoms with Crippen molar-refractivity contribution >= 4 is 11.4 Å². The van der Waals surface area contributed by atoms with Gasteiger partial charge in [-0.3, -0.25) is 4.79 Å². The Morgan fingerprint density at radius 2 is 2.30 bits per heavy atom. The molecule has 4 rings (SSSR count). The molecule has 116 valence electrons. The molecular formula is C17H16N4O2. The van der Waals surface area contributed by atoms with E-state index >= 15 is 0 Å². The molecule has 0 saturated carbocycles. The molecule has 0 spiro atoms. The van der Waals surface area contributed by atoms with E-state index in [2.05, 4.69) is 21.6 Å². The second kappa shape index (κ2) is 5.39.